The number of aliphatic carboxylic acids is 1. The minimum atomic E-state index is -6.96. The fourth-order valence-corrected chi connectivity index (χ4v) is 34.9. The van der Waals surface area contributed by atoms with Gasteiger partial charge in [-0.15, -0.1) is 0 Å². The second-order valence-corrected chi connectivity index (χ2v) is 35.4. The number of methoxy groups -OCH3 is 1. The average molecular weight is 1080 g/mol. The number of carbonyl (C=O) groups excluding carboxylic acids is 2. The number of amidine groups is 4. The number of rotatable bonds is 24. The zero-order valence-electron chi connectivity index (χ0n) is 43.1. The molecule has 3 N–H and O–H groups in total. The summed E-state index contributed by atoms with van der Waals surface area (Å²) in [4.78, 5) is 60.5. The molecule has 0 atom stereocenters. The third kappa shape index (κ3) is 7.03. The van der Waals surface area contributed by atoms with Crippen molar-refractivity contribution in [2.24, 2.45) is 20.0 Å². The van der Waals surface area contributed by atoms with Crippen molar-refractivity contribution in [3.05, 3.63) is 130 Å². The van der Waals surface area contributed by atoms with E-state index in [0.29, 0.717) is 97.2 Å². The van der Waals surface area contributed by atoms with Crippen LogP contribution in [0.15, 0.2) is 117 Å². The Bertz CT molecular complexity index is 3610. The number of nitrogens with one attached hydrogen (secondary N) is 2. The van der Waals surface area contributed by atoms with E-state index in [9.17, 15) is 14.4 Å². The molecule has 1 spiro atoms. The fraction of sp³-hybridized carbons (Fsp3) is 0.340. The molecule has 6 aliphatic rings. The molecule has 394 valence electrons. The number of amides is 2. The van der Waals surface area contributed by atoms with Crippen molar-refractivity contribution < 1.29 is 55.2 Å². The number of aromatic nitrogens is 2. The summed E-state index contributed by atoms with van der Waals surface area (Å²) in [6.07, 6.45) is 1.09. The number of carbonyl (C=O) groups is 3. The number of fused-ring (bicyclic) bond motifs is 12. The normalized spacial score (nSPS) is 18.0. The van der Waals surface area contributed by atoms with E-state index in [1.807, 2.05) is 48.5 Å². The molecule has 0 aliphatic carbocycles. The Morgan fingerprint density at radius 3 is 1.47 bits per heavy atom. The van der Waals surface area contributed by atoms with Gasteiger partial charge in [0.2, 0.25) is 0 Å². The molecule has 8 heterocycles. The first-order chi connectivity index (χ1) is 36.7. The van der Waals surface area contributed by atoms with Gasteiger partial charge in [-0.3, -0.25) is 0 Å². The molecule has 76 heavy (non-hydrogen) atoms. The molecule has 2 aromatic heterocycles. The van der Waals surface area contributed by atoms with Crippen molar-refractivity contribution in [3.63, 3.8) is 0 Å². The van der Waals surface area contributed by atoms with Crippen molar-refractivity contribution in [1.82, 2.24) is 19.1 Å². The molecule has 23 heteroatoms. The Morgan fingerprint density at radius 2 is 0.987 bits per heavy atom. The van der Waals surface area contributed by atoms with Crippen LogP contribution in [0.3, 0.4) is 0 Å². The number of carboxylic acids is 1. The molecule has 0 saturated heterocycles. The maximum absolute atomic E-state index is 13.2. The number of hydrogen-bond acceptors (Lipinski definition) is 13. The fourth-order valence-electron chi connectivity index (χ4n) is 12.6. The maximum atomic E-state index is 13.2. The van der Waals surface area contributed by atoms with Crippen molar-refractivity contribution >= 4 is 98.7 Å². The van der Waals surface area contributed by atoms with Crippen LogP contribution in [0.2, 0.25) is 38.3 Å². The molecular formula is C53H60N10O10Si3. The number of carboxylic acid groups (broad SMARTS) is 1. The first kappa shape index (κ1) is 49.9. The van der Waals surface area contributed by atoms with E-state index in [-0.39, 0.29) is 32.3 Å². The number of hydrogen-bond donors (Lipinski definition) is 3. The first-order valence-corrected chi connectivity index (χ1v) is 34.7. The summed E-state index contributed by atoms with van der Waals surface area (Å²) >= 11 is 0. The van der Waals surface area contributed by atoms with Crippen molar-refractivity contribution in [2.45, 2.75) is 51.1 Å². The summed E-state index contributed by atoms with van der Waals surface area (Å²) in [5.41, 5.74) is 4.75. The van der Waals surface area contributed by atoms with Gasteiger partial charge in [0.15, 0.2) is 0 Å². The van der Waals surface area contributed by atoms with E-state index in [1.165, 1.54) is 0 Å². The Kier molecular flexibility index (Phi) is 11.9. The summed E-state index contributed by atoms with van der Waals surface area (Å²) in [5, 5.41) is 18.6. The molecule has 6 aliphatic heterocycles. The first-order valence-electron chi connectivity index (χ1n) is 25.8. The van der Waals surface area contributed by atoms with Crippen molar-refractivity contribution in [3.8, 4) is 0 Å². The van der Waals surface area contributed by atoms with Crippen LogP contribution < -0.4 is 21.6 Å². The van der Waals surface area contributed by atoms with Crippen LogP contribution in [0, 0.1) is 0 Å². The number of nitrogens with zero attached hydrogens (tertiary/aromatic N) is 8. The van der Waals surface area contributed by atoms with Crippen molar-refractivity contribution in [1.29, 1.82) is 0 Å². The third-order valence-corrected chi connectivity index (χ3v) is 31.8. The van der Waals surface area contributed by atoms with E-state index in [1.54, 1.807) is 7.11 Å². The zero-order valence-corrected chi connectivity index (χ0v) is 46.1. The van der Waals surface area contributed by atoms with Crippen LogP contribution in [-0.2, 0) is 41.6 Å². The minimum absolute atomic E-state index is 0.0986. The second kappa shape index (κ2) is 18.1. The van der Waals surface area contributed by atoms with Crippen LogP contribution in [-0.4, -0.2) is 154 Å². The van der Waals surface area contributed by atoms with E-state index < -0.39 is 42.9 Å². The predicted molar refractivity (Wildman–Crippen MR) is 291 cm³/mol. The van der Waals surface area contributed by atoms with Gasteiger partial charge in [-0.05, 0) is 0 Å². The van der Waals surface area contributed by atoms with Crippen LogP contribution in [0.1, 0.15) is 35.1 Å². The summed E-state index contributed by atoms with van der Waals surface area (Å²) in [7, 11) is -11.9. The molecular weight excluding hydrogens is 1020 g/mol. The molecule has 20 nitrogen and oxygen atoms in total. The molecule has 0 bridgehead atoms. The summed E-state index contributed by atoms with van der Waals surface area (Å²) in [6.45, 7) is 10.1. The topological polar surface area (TPSA) is 216 Å². The van der Waals surface area contributed by atoms with Gasteiger partial charge in [-0.2, -0.15) is 0 Å². The number of aliphatic imine (C=N–C) groups is 2. The number of benzene rings is 4. The Morgan fingerprint density at radius 1 is 0.553 bits per heavy atom. The van der Waals surface area contributed by atoms with Crippen LogP contribution in [0.4, 0.5) is 11.6 Å². The molecule has 0 radical (unpaired) electrons. The van der Waals surface area contributed by atoms with Gasteiger partial charge < -0.3 is 4.74 Å². The van der Waals surface area contributed by atoms with Crippen LogP contribution in [0.25, 0.3) is 21.5 Å². The van der Waals surface area contributed by atoms with E-state index in [2.05, 4.69) is 102 Å². The van der Waals surface area contributed by atoms with Crippen LogP contribution in [0.5, 0.6) is 0 Å². The van der Waals surface area contributed by atoms with Gasteiger partial charge in [0.25, 0.3) is 0 Å². The van der Waals surface area contributed by atoms with Gasteiger partial charge >= 0.3 is 416 Å². The number of ether oxygens (including phenoxy) is 4. The van der Waals surface area contributed by atoms with Gasteiger partial charge in [-0.25, -0.2) is 0 Å². The Hall–Kier alpha value is -6.94. The third-order valence-electron chi connectivity index (χ3n) is 15.2. The standard InChI is InChI=1S/C53H60N10O10Si3/c1-68-26-27-69-28-29-70-32-43(64)54-24-14-30-74(2,3)72-76(73-75(4,5)31-15-25-55-44(65)33-71-34-45(66)67)60-46-35-16-6-7-17-36(35)47(60)57-49-39-20-10-11-21-40(39)51(62(49)76)59-53-42-23-13-12-22-41(42)52(63(53)76)58-50-38-19-9-8-18-37(38)48(56-46)61(50)76/h6-13,16-23H,14-15,24-34H2,1-5H3,(H,54,64)(H,55,65)(H,66,67). The molecule has 4 aromatic carbocycles. The van der Waals surface area contributed by atoms with Gasteiger partial charge in [0.1, 0.15) is 0 Å². The second-order valence-electron chi connectivity index (χ2n) is 21.1. The summed E-state index contributed by atoms with van der Waals surface area (Å²) in [5.74, 6) is 2.01. The zero-order chi connectivity index (χ0) is 52.7. The molecule has 12 rings (SSSR count). The van der Waals surface area contributed by atoms with Gasteiger partial charge in [0, 0.05) is 7.11 Å². The Labute approximate surface area is 439 Å². The van der Waals surface area contributed by atoms with Crippen LogP contribution >= 0.6 is 0 Å². The average Bonchev–Trinajstić information content (AvgIpc) is 1.54. The van der Waals surface area contributed by atoms with Gasteiger partial charge in [0.05, 0.1) is 13.2 Å². The Balaban J connectivity index is 1.10. The summed E-state index contributed by atoms with van der Waals surface area (Å²) < 4.78 is 48.7. The van der Waals surface area contributed by atoms with E-state index in [0.717, 1.165) is 43.8 Å². The molecule has 2 amide bonds. The SMILES string of the molecule is COCCOCCOCC(=O)NCCC[Si](C)(C)O[Si-2]123(O[Si](C)(C)CCCNC(=O)COCC(=O)O)n4c5c6ccccc6c4N=C4c6ccccc6C(=[N+]41)N=c1c4ccccc4c(n12)=NC1=[N+]3C(=N5)c2ccccc21. The van der Waals surface area contributed by atoms with Crippen molar-refractivity contribution in [2.75, 3.05) is 66.4 Å². The predicted octanol–water partition coefficient (Wildman–Crippen LogP) is 4.56. The molecule has 6 aromatic rings. The van der Waals surface area contributed by atoms with Gasteiger partial charge in [-0.1, -0.05) is 0 Å². The molecule has 0 saturated carbocycles. The quantitative estimate of drug-likeness (QED) is 0.0568. The summed E-state index contributed by atoms with van der Waals surface area (Å²) in [6, 6.07) is 34.2. The van der Waals surface area contributed by atoms with E-state index >= 15 is 0 Å². The molecule has 0 fully saturated rings. The monoisotopic (exact) mass is 1080 g/mol. The molecule has 0 unspecified atom stereocenters. The van der Waals surface area contributed by atoms with E-state index in [4.69, 9.17) is 52.3 Å².